The minimum atomic E-state index is -3.42. The van der Waals surface area contributed by atoms with Crippen LogP contribution in [0.25, 0.3) is 0 Å². The summed E-state index contributed by atoms with van der Waals surface area (Å²) in [4.78, 5) is 12.0. The SMILES string of the molecule is O=C(COc1ccc(Cl)cc1)NC1CCN(S(=O)(=O)c2cccs2)CC1. The molecule has 1 fully saturated rings. The Hall–Kier alpha value is -1.61. The number of carbonyl (C=O) groups is 1. The highest BCUT2D eigenvalue weighted by molar-refractivity contribution is 7.91. The summed E-state index contributed by atoms with van der Waals surface area (Å²) in [6, 6.07) is 10.1. The number of halogens is 1. The summed E-state index contributed by atoms with van der Waals surface area (Å²) in [5.41, 5.74) is 0. The van der Waals surface area contributed by atoms with Gasteiger partial charge in [0.2, 0.25) is 0 Å². The Bertz CT molecular complexity index is 830. The van der Waals surface area contributed by atoms with Crippen LogP contribution in [0.1, 0.15) is 12.8 Å². The van der Waals surface area contributed by atoms with Gasteiger partial charge in [-0.15, -0.1) is 11.3 Å². The quantitative estimate of drug-likeness (QED) is 0.788. The van der Waals surface area contributed by atoms with Crippen LogP contribution in [0, 0.1) is 0 Å². The van der Waals surface area contributed by atoms with Gasteiger partial charge in [-0.05, 0) is 48.6 Å². The maximum absolute atomic E-state index is 12.5. The average Bonchev–Trinajstić information content (AvgIpc) is 3.17. The van der Waals surface area contributed by atoms with E-state index in [9.17, 15) is 13.2 Å². The molecule has 2 heterocycles. The van der Waals surface area contributed by atoms with Gasteiger partial charge in [-0.3, -0.25) is 4.79 Å². The topological polar surface area (TPSA) is 75.7 Å². The number of nitrogens with one attached hydrogen (secondary N) is 1. The van der Waals surface area contributed by atoms with E-state index in [4.69, 9.17) is 16.3 Å². The first-order chi connectivity index (χ1) is 12.4. The molecule has 2 aromatic rings. The third kappa shape index (κ3) is 4.76. The fourth-order valence-corrected chi connectivity index (χ4v) is 5.47. The molecular weight excluding hydrogens is 396 g/mol. The molecule has 0 aliphatic carbocycles. The van der Waals surface area contributed by atoms with Crippen molar-refractivity contribution >= 4 is 38.9 Å². The summed E-state index contributed by atoms with van der Waals surface area (Å²) in [6.07, 6.45) is 1.16. The number of hydrogen-bond acceptors (Lipinski definition) is 5. The molecule has 0 spiro atoms. The maximum atomic E-state index is 12.5. The number of carbonyl (C=O) groups excluding carboxylic acids is 1. The van der Waals surface area contributed by atoms with Crippen LogP contribution in [-0.4, -0.2) is 44.4 Å². The van der Waals surface area contributed by atoms with Crippen molar-refractivity contribution in [3.8, 4) is 5.75 Å². The number of benzene rings is 1. The monoisotopic (exact) mass is 414 g/mol. The summed E-state index contributed by atoms with van der Waals surface area (Å²) in [5.74, 6) is 0.348. The first-order valence-electron chi connectivity index (χ1n) is 8.16. The fourth-order valence-electron chi connectivity index (χ4n) is 2.73. The lowest BCUT2D eigenvalue weighted by Gasteiger charge is -2.31. The highest BCUT2D eigenvalue weighted by Crippen LogP contribution is 2.24. The van der Waals surface area contributed by atoms with Gasteiger partial charge < -0.3 is 10.1 Å². The molecule has 1 N–H and O–H groups in total. The number of rotatable bonds is 6. The average molecular weight is 415 g/mol. The molecule has 1 aliphatic heterocycles. The van der Waals surface area contributed by atoms with E-state index in [1.54, 1.807) is 41.8 Å². The normalized spacial score (nSPS) is 16.3. The molecule has 0 radical (unpaired) electrons. The number of amides is 1. The van der Waals surface area contributed by atoms with Gasteiger partial charge in [0, 0.05) is 24.2 Å². The molecule has 140 valence electrons. The second-order valence-corrected chi connectivity index (χ2v) is 9.47. The van der Waals surface area contributed by atoms with E-state index < -0.39 is 10.0 Å². The van der Waals surface area contributed by atoms with Crippen LogP contribution in [0.3, 0.4) is 0 Å². The second-order valence-electron chi connectivity index (χ2n) is 5.92. The molecular formula is C17H19ClN2O4S2. The predicted octanol–water partition coefficient (Wildman–Crippen LogP) is 2.75. The summed E-state index contributed by atoms with van der Waals surface area (Å²) >= 11 is 7.01. The van der Waals surface area contributed by atoms with Crippen molar-refractivity contribution < 1.29 is 17.9 Å². The molecule has 1 aromatic heterocycles. The van der Waals surface area contributed by atoms with Gasteiger partial charge in [-0.1, -0.05) is 17.7 Å². The zero-order valence-corrected chi connectivity index (χ0v) is 16.3. The lowest BCUT2D eigenvalue weighted by Crippen LogP contribution is -2.47. The van der Waals surface area contributed by atoms with Crippen LogP contribution in [0.5, 0.6) is 5.75 Å². The van der Waals surface area contributed by atoms with Crippen LogP contribution < -0.4 is 10.1 Å². The summed E-state index contributed by atoms with van der Waals surface area (Å²) < 4.78 is 32.2. The van der Waals surface area contributed by atoms with Gasteiger partial charge in [-0.2, -0.15) is 4.31 Å². The smallest absolute Gasteiger partial charge is 0.258 e. The van der Waals surface area contributed by atoms with Crippen molar-refractivity contribution in [1.82, 2.24) is 9.62 Å². The summed E-state index contributed by atoms with van der Waals surface area (Å²) in [7, 11) is -3.42. The van der Waals surface area contributed by atoms with Crippen molar-refractivity contribution in [3.63, 3.8) is 0 Å². The molecule has 0 bridgehead atoms. The molecule has 6 nitrogen and oxygen atoms in total. The van der Waals surface area contributed by atoms with E-state index in [1.165, 1.54) is 15.6 Å². The van der Waals surface area contributed by atoms with Crippen LogP contribution in [-0.2, 0) is 14.8 Å². The molecule has 0 unspecified atom stereocenters. The molecule has 1 aromatic carbocycles. The zero-order chi connectivity index (χ0) is 18.6. The number of piperidine rings is 1. The lowest BCUT2D eigenvalue weighted by molar-refractivity contribution is -0.124. The Kier molecular flexibility index (Phi) is 6.18. The van der Waals surface area contributed by atoms with Crippen molar-refractivity contribution in [2.24, 2.45) is 0 Å². The highest BCUT2D eigenvalue weighted by Gasteiger charge is 2.30. The minimum absolute atomic E-state index is 0.0499. The van der Waals surface area contributed by atoms with E-state index in [0.717, 1.165) is 0 Å². The van der Waals surface area contributed by atoms with Crippen molar-refractivity contribution in [1.29, 1.82) is 0 Å². The molecule has 1 amide bonds. The maximum Gasteiger partial charge on any atom is 0.258 e. The van der Waals surface area contributed by atoms with E-state index in [1.807, 2.05) is 0 Å². The van der Waals surface area contributed by atoms with Crippen LogP contribution >= 0.6 is 22.9 Å². The zero-order valence-electron chi connectivity index (χ0n) is 13.9. The first kappa shape index (κ1) is 19.2. The fraction of sp³-hybridized carbons (Fsp3) is 0.353. The Morgan fingerprint density at radius 2 is 1.92 bits per heavy atom. The van der Waals surface area contributed by atoms with Gasteiger partial charge in [0.15, 0.2) is 6.61 Å². The number of sulfonamides is 1. The number of ether oxygens (including phenoxy) is 1. The lowest BCUT2D eigenvalue weighted by atomic mass is 10.1. The van der Waals surface area contributed by atoms with Gasteiger partial charge in [0.25, 0.3) is 15.9 Å². The van der Waals surface area contributed by atoms with Gasteiger partial charge in [-0.25, -0.2) is 8.42 Å². The molecule has 3 rings (SSSR count). The van der Waals surface area contributed by atoms with Gasteiger partial charge >= 0.3 is 0 Å². The second kappa shape index (κ2) is 8.39. The largest absolute Gasteiger partial charge is 0.484 e. The summed E-state index contributed by atoms with van der Waals surface area (Å²) in [5, 5.41) is 5.25. The molecule has 9 heteroatoms. The van der Waals surface area contributed by atoms with Crippen LogP contribution in [0.2, 0.25) is 5.02 Å². The Balaban J connectivity index is 1.45. The highest BCUT2D eigenvalue weighted by atomic mass is 35.5. The third-order valence-corrected chi connectivity index (χ3v) is 7.62. The molecule has 0 atom stereocenters. The van der Waals surface area contributed by atoms with E-state index >= 15 is 0 Å². The number of nitrogens with zero attached hydrogens (tertiary/aromatic N) is 1. The van der Waals surface area contributed by atoms with Crippen LogP contribution in [0.15, 0.2) is 46.0 Å². The Labute approximate surface area is 161 Å². The predicted molar refractivity (Wildman–Crippen MR) is 101 cm³/mol. The van der Waals surface area contributed by atoms with Crippen LogP contribution in [0.4, 0.5) is 0 Å². The number of hydrogen-bond donors (Lipinski definition) is 1. The standard InChI is InChI=1S/C17H19ClN2O4S2/c18-13-3-5-15(6-4-13)24-12-16(21)19-14-7-9-20(10-8-14)26(22,23)17-2-1-11-25-17/h1-6,11,14H,7-10,12H2,(H,19,21). The van der Waals surface area contributed by atoms with Gasteiger partial charge in [0.05, 0.1) is 0 Å². The van der Waals surface area contributed by atoms with Crippen molar-refractivity contribution in [2.45, 2.75) is 23.1 Å². The third-order valence-electron chi connectivity index (χ3n) is 4.09. The van der Waals surface area contributed by atoms with E-state index in [-0.39, 0.29) is 18.6 Å². The molecule has 26 heavy (non-hydrogen) atoms. The Morgan fingerprint density at radius 1 is 1.23 bits per heavy atom. The summed E-state index contributed by atoms with van der Waals surface area (Å²) in [6.45, 7) is 0.696. The first-order valence-corrected chi connectivity index (χ1v) is 10.9. The van der Waals surface area contributed by atoms with Gasteiger partial charge in [0.1, 0.15) is 9.96 Å². The van der Waals surface area contributed by atoms with Crippen molar-refractivity contribution in [3.05, 3.63) is 46.8 Å². The molecule has 1 saturated heterocycles. The van der Waals surface area contributed by atoms with E-state index in [0.29, 0.717) is 40.9 Å². The molecule has 0 saturated carbocycles. The van der Waals surface area contributed by atoms with Crippen molar-refractivity contribution in [2.75, 3.05) is 19.7 Å². The van der Waals surface area contributed by atoms with E-state index in [2.05, 4.69) is 5.32 Å². The number of thiophene rings is 1. The molecule has 1 aliphatic rings. The minimum Gasteiger partial charge on any atom is -0.484 e. The Morgan fingerprint density at radius 3 is 2.54 bits per heavy atom.